The highest BCUT2D eigenvalue weighted by molar-refractivity contribution is 9.10. The summed E-state index contributed by atoms with van der Waals surface area (Å²) in [6.45, 7) is 1.84. The van der Waals surface area contributed by atoms with E-state index in [1.807, 2.05) is 25.1 Å². The van der Waals surface area contributed by atoms with Crippen molar-refractivity contribution in [3.63, 3.8) is 0 Å². The van der Waals surface area contributed by atoms with Crippen molar-refractivity contribution in [3.05, 3.63) is 39.7 Å². The Kier molecular flexibility index (Phi) is 2.76. The van der Waals surface area contributed by atoms with Gasteiger partial charge in [-0.1, -0.05) is 22.0 Å². The second-order valence-corrected chi connectivity index (χ2v) is 5.86. The van der Waals surface area contributed by atoms with Gasteiger partial charge in [0.1, 0.15) is 17.1 Å². The smallest absolute Gasteiger partial charge is 0.240 e. The average Bonchev–Trinajstić information content (AvgIpc) is 2.63. The number of nitrogens with zero attached hydrogens (tertiary/aromatic N) is 1. The van der Waals surface area contributed by atoms with Crippen molar-refractivity contribution in [2.75, 3.05) is 5.32 Å². The quantitative estimate of drug-likeness (QED) is 0.761. The number of nitrogens with two attached hydrogens (primary N) is 1. The minimum atomic E-state index is -1.06. The largest absolute Gasteiger partial charge is 0.476 e. The molecule has 2 atom stereocenters. The van der Waals surface area contributed by atoms with Crippen LogP contribution in [0.2, 0.25) is 0 Å². The lowest BCUT2D eigenvalue weighted by Gasteiger charge is -2.35. The number of fused-ring (bicyclic) bond motifs is 2. The Labute approximate surface area is 124 Å². The molecular weight excluding hydrogens is 322 g/mol. The van der Waals surface area contributed by atoms with Crippen LogP contribution in [0.15, 0.2) is 34.1 Å². The summed E-state index contributed by atoms with van der Waals surface area (Å²) in [4.78, 5) is 12.6. The fourth-order valence-electron chi connectivity index (χ4n) is 3.05. The minimum absolute atomic E-state index is 0.0324. The van der Waals surface area contributed by atoms with Gasteiger partial charge in [0.15, 0.2) is 5.88 Å². The number of anilines is 1. The number of ether oxygens (including phenoxy) is 1. The molecule has 102 valence electrons. The van der Waals surface area contributed by atoms with Crippen LogP contribution in [0.5, 0.6) is 0 Å². The molecule has 3 N–H and O–H groups in total. The van der Waals surface area contributed by atoms with Crippen molar-refractivity contribution < 1.29 is 9.53 Å². The Balaban J connectivity index is 2.35. The second-order valence-electron chi connectivity index (χ2n) is 5.01. The molecule has 0 aliphatic carbocycles. The maximum Gasteiger partial charge on any atom is 0.240 e. The van der Waals surface area contributed by atoms with E-state index in [0.717, 1.165) is 10.0 Å². The van der Waals surface area contributed by atoms with Crippen LogP contribution in [0, 0.1) is 11.3 Å². The van der Waals surface area contributed by atoms with Gasteiger partial charge >= 0.3 is 0 Å². The average molecular weight is 334 g/mol. The van der Waals surface area contributed by atoms with E-state index in [1.54, 1.807) is 0 Å². The lowest BCUT2D eigenvalue weighted by atomic mass is 9.70. The molecular formula is C14H12BrN3O2. The van der Waals surface area contributed by atoms with E-state index in [2.05, 4.69) is 27.3 Å². The number of hydrogen-bond donors (Lipinski definition) is 2. The summed E-state index contributed by atoms with van der Waals surface area (Å²) in [5.41, 5.74) is 6.43. The van der Waals surface area contributed by atoms with Gasteiger partial charge in [-0.05, 0) is 19.1 Å². The number of benzene rings is 1. The number of nitriles is 1. The molecule has 6 heteroatoms. The molecule has 2 aliphatic heterocycles. The molecule has 0 bridgehead atoms. The Morgan fingerprint density at radius 3 is 3.05 bits per heavy atom. The normalized spacial score (nSPS) is 27.9. The number of carbonyl (C=O) groups is 1. The maximum atomic E-state index is 12.6. The van der Waals surface area contributed by atoms with Crippen molar-refractivity contribution in [2.45, 2.75) is 24.9 Å². The molecule has 0 saturated carbocycles. The first-order chi connectivity index (χ1) is 9.50. The van der Waals surface area contributed by atoms with Crippen LogP contribution < -0.4 is 11.1 Å². The van der Waals surface area contributed by atoms with Gasteiger partial charge in [-0.3, -0.25) is 4.79 Å². The molecule has 20 heavy (non-hydrogen) atoms. The van der Waals surface area contributed by atoms with Crippen molar-refractivity contribution in [2.24, 2.45) is 5.73 Å². The van der Waals surface area contributed by atoms with Gasteiger partial charge in [0, 0.05) is 22.1 Å². The molecule has 0 fully saturated rings. The predicted octanol–water partition coefficient (Wildman–Crippen LogP) is 2.14. The summed E-state index contributed by atoms with van der Waals surface area (Å²) in [6, 6.07) is 7.56. The molecule has 1 aromatic rings. The van der Waals surface area contributed by atoms with Gasteiger partial charge in [0.2, 0.25) is 5.91 Å². The van der Waals surface area contributed by atoms with Gasteiger partial charge in [0.25, 0.3) is 0 Å². The summed E-state index contributed by atoms with van der Waals surface area (Å²) in [5.74, 6) is -0.195. The zero-order chi connectivity index (χ0) is 14.5. The molecule has 2 aliphatic rings. The number of carbonyl (C=O) groups excluding carboxylic acids is 1. The fourth-order valence-corrected chi connectivity index (χ4v) is 3.75. The highest BCUT2D eigenvalue weighted by atomic mass is 79.9. The van der Waals surface area contributed by atoms with Gasteiger partial charge in [-0.25, -0.2) is 0 Å². The first-order valence-corrected chi connectivity index (χ1v) is 6.97. The highest BCUT2D eigenvalue weighted by Gasteiger charge is 2.55. The molecule has 0 saturated heterocycles. The Hall–Kier alpha value is -2.00. The third kappa shape index (κ3) is 1.50. The summed E-state index contributed by atoms with van der Waals surface area (Å²) in [6.07, 6.45) is 0.147. The third-order valence-electron chi connectivity index (χ3n) is 3.78. The van der Waals surface area contributed by atoms with Crippen LogP contribution in [-0.2, 0) is 14.9 Å². The topological polar surface area (TPSA) is 88.1 Å². The van der Waals surface area contributed by atoms with E-state index < -0.39 is 5.41 Å². The van der Waals surface area contributed by atoms with Crippen LogP contribution in [0.25, 0.3) is 0 Å². The summed E-state index contributed by atoms with van der Waals surface area (Å²) < 4.78 is 6.20. The monoisotopic (exact) mass is 333 g/mol. The molecule has 1 unspecified atom stereocenters. The number of nitrogens with one attached hydrogen (secondary N) is 1. The molecule has 1 aromatic carbocycles. The second kappa shape index (κ2) is 4.25. The Morgan fingerprint density at radius 2 is 2.35 bits per heavy atom. The van der Waals surface area contributed by atoms with Crippen molar-refractivity contribution in [1.29, 1.82) is 5.26 Å². The van der Waals surface area contributed by atoms with Gasteiger partial charge in [0.05, 0.1) is 6.10 Å². The number of hydrogen-bond acceptors (Lipinski definition) is 4. The van der Waals surface area contributed by atoms with Gasteiger partial charge < -0.3 is 15.8 Å². The van der Waals surface area contributed by atoms with E-state index in [4.69, 9.17) is 10.5 Å². The molecule has 0 aromatic heterocycles. The SMILES string of the molecule is CC1C[C@@]2(C(=O)Nc3cccc(Br)c32)C(C#N)=C(N)O1. The molecule has 5 nitrogen and oxygen atoms in total. The van der Waals surface area contributed by atoms with E-state index in [-0.39, 0.29) is 23.5 Å². The lowest BCUT2D eigenvalue weighted by Crippen LogP contribution is -2.44. The van der Waals surface area contributed by atoms with Crippen LogP contribution in [0.3, 0.4) is 0 Å². The maximum absolute atomic E-state index is 12.6. The number of rotatable bonds is 0. The first kappa shape index (κ1) is 13.0. The number of halogens is 1. The minimum Gasteiger partial charge on any atom is -0.476 e. The predicted molar refractivity (Wildman–Crippen MR) is 76.4 cm³/mol. The molecule has 1 spiro atoms. The molecule has 3 rings (SSSR count). The van der Waals surface area contributed by atoms with Gasteiger partial charge in [-0.15, -0.1) is 0 Å². The van der Waals surface area contributed by atoms with Crippen molar-refractivity contribution in [1.82, 2.24) is 0 Å². The molecule has 2 heterocycles. The van der Waals surface area contributed by atoms with Crippen molar-refractivity contribution in [3.8, 4) is 6.07 Å². The van der Waals surface area contributed by atoms with E-state index in [0.29, 0.717) is 12.1 Å². The van der Waals surface area contributed by atoms with E-state index in [9.17, 15) is 10.1 Å². The zero-order valence-electron chi connectivity index (χ0n) is 10.7. The zero-order valence-corrected chi connectivity index (χ0v) is 12.3. The van der Waals surface area contributed by atoms with E-state index in [1.165, 1.54) is 0 Å². The van der Waals surface area contributed by atoms with Crippen LogP contribution in [-0.4, -0.2) is 12.0 Å². The standard InChI is InChI=1S/C14H12BrN3O2/c1-7-5-14(8(6-16)12(17)20-7)11-9(15)3-2-4-10(11)18-13(14)19/h2-4,7H,5,17H2,1H3,(H,18,19)/t7?,14-/m1/s1. The van der Waals surface area contributed by atoms with Crippen LogP contribution in [0.4, 0.5) is 5.69 Å². The van der Waals surface area contributed by atoms with Crippen LogP contribution in [0.1, 0.15) is 18.9 Å². The first-order valence-electron chi connectivity index (χ1n) is 6.18. The van der Waals surface area contributed by atoms with Crippen LogP contribution >= 0.6 is 15.9 Å². The lowest BCUT2D eigenvalue weighted by molar-refractivity contribution is -0.121. The molecule has 1 amide bonds. The Bertz CT molecular complexity index is 692. The fraction of sp³-hybridized carbons (Fsp3) is 0.286. The number of amides is 1. The summed E-state index contributed by atoms with van der Waals surface area (Å²) in [7, 11) is 0. The van der Waals surface area contributed by atoms with Gasteiger partial charge in [-0.2, -0.15) is 5.26 Å². The third-order valence-corrected chi connectivity index (χ3v) is 4.44. The van der Waals surface area contributed by atoms with Crippen molar-refractivity contribution >= 4 is 27.5 Å². The summed E-state index contributed by atoms with van der Waals surface area (Å²) in [5, 5.41) is 12.3. The highest BCUT2D eigenvalue weighted by Crippen LogP contribution is 2.51. The Morgan fingerprint density at radius 1 is 1.60 bits per heavy atom. The summed E-state index contributed by atoms with van der Waals surface area (Å²) >= 11 is 3.48. The van der Waals surface area contributed by atoms with E-state index >= 15 is 0 Å². The molecule has 0 radical (unpaired) electrons.